The van der Waals surface area contributed by atoms with Gasteiger partial charge in [-0.1, -0.05) is 88.3 Å². The number of benzene rings is 2. The van der Waals surface area contributed by atoms with Crippen molar-refractivity contribution in [1.29, 1.82) is 0 Å². The molecule has 2 aromatic carbocycles. The van der Waals surface area contributed by atoms with E-state index < -0.39 is 43.7 Å². The lowest BCUT2D eigenvalue weighted by Crippen LogP contribution is -2.62. The molecular formula is C54H79N7O6Si. The van der Waals surface area contributed by atoms with Crippen molar-refractivity contribution in [1.82, 2.24) is 30.2 Å². The second-order valence-electron chi connectivity index (χ2n) is 21.2. The third-order valence-electron chi connectivity index (χ3n) is 14.4. The van der Waals surface area contributed by atoms with Gasteiger partial charge in [-0.2, -0.15) is 0 Å². The number of carbonyl (C=O) groups is 4. The predicted octanol–water partition coefficient (Wildman–Crippen LogP) is 8.99. The lowest BCUT2D eigenvalue weighted by molar-refractivity contribution is -0.155. The first-order chi connectivity index (χ1) is 32.2. The maximum Gasteiger partial charge on any atom is 0.324 e. The largest absolute Gasteiger partial charge is 0.543 e. The van der Waals surface area contributed by atoms with E-state index in [-0.39, 0.29) is 43.7 Å². The van der Waals surface area contributed by atoms with Gasteiger partial charge in [0.2, 0.25) is 11.8 Å². The average molecular weight is 950 g/mol. The molecule has 0 radical (unpaired) electrons. The van der Waals surface area contributed by atoms with E-state index in [9.17, 15) is 14.4 Å². The number of amides is 3. The van der Waals surface area contributed by atoms with Crippen molar-refractivity contribution in [2.24, 2.45) is 17.1 Å². The van der Waals surface area contributed by atoms with E-state index in [0.29, 0.717) is 42.4 Å². The summed E-state index contributed by atoms with van der Waals surface area (Å²) in [6.07, 6.45) is 4.49. The van der Waals surface area contributed by atoms with Crippen molar-refractivity contribution in [2.75, 3.05) is 26.7 Å². The van der Waals surface area contributed by atoms with Crippen LogP contribution in [0.1, 0.15) is 119 Å². The molecule has 4 N–H and O–H groups in total. The summed E-state index contributed by atoms with van der Waals surface area (Å²) in [6, 6.07) is 14.4. The summed E-state index contributed by atoms with van der Waals surface area (Å²) in [6.45, 7) is 27.3. The van der Waals surface area contributed by atoms with Crippen LogP contribution in [0, 0.1) is 11.3 Å². The van der Waals surface area contributed by atoms with Gasteiger partial charge >= 0.3 is 5.97 Å². The van der Waals surface area contributed by atoms with E-state index in [1.165, 1.54) is 9.91 Å². The Labute approximate surface area is 406 Å². The number of aromatic nitrogens is 2. The number of likely N-dealkylation sites (N-methyl/N-ethyl adjacent to an activating group) is 1. The number of rotatable bonds is 14. The molecule has 6 rings (SSSR count). The van der Waals surface area contributed by atoms with E-state index in [1.807, 2.05) is 32.2 Å². The minimum Gasteiger partial charge on any atom is -0.543 e. The summed E-state index contributed by atoms with van der Waals surface area (Å²) in [4.78, 5) is 63.0. The van der Waals surface area contributed by atoms with Gasteiger partial charge in [0.25, 0.3) is 14.2 Å². The number of nitrogens with one attached hydrogen (secondary N) is 2. The number of aryl methyl sites for hydroxylation is 2. The van der Waals surface area contributed by atoms with Gasteiger partial charge in [0.15, 0.2) is 0 Å². The van der Waals surface area contributed by atoms with Crippen LogP contribution in [-0.2, 0) is 49.7 Å². The monoisotopic (exact) mass is 950 g/mol. The summed E-state index contributed by atoms with van der Waals surface area (Å²) < 4.78 is 16.0. The van der Waals surface area contributed by atoms with Crippen LogP contribution in [0.2, 0.25) is 16.6 Å². The molecule has 13 nitrogen and oxygen atoms in total. The smallest absolute Gasteiger partial charge is 0.324 e. The molecule has 68 heavy (non-hydrogen) atoms. The highest BCUT2D eigenvalue weighted by molar-refractivity contribution is 6.78. The Bertz CT molecular complexity index is 2440. The number of cyclic esters (lactones) is 1. The van der Waals surface area contributed by atoms with Crippen molar-refractivity contribution in [3.63, 3.8) is 0 Å². The van der Waals surface area contributed by atoms with E-state index in [0.717, 1.165) is 68.8 Å². The maximum absolute atomic E-state index is 15.0. The van der Waals surface area contributed by atoms with Crippen molar-refractivity contribution in [3.8, 4) is 28.1 Å². The molecule has 3 amide bonds. The molecule has 0 saturated carbocycles. The topological polar surface area (TPSA) is 161 Å². The van der Waals surface area contributed by atoms with E-state index in [4.69, 9.17) is 19.9 Å². The Hall–Kier alpha value is -5.05. The zero-order valence-corrected chi connectivity index (χ0v) is 44.1. The SMILES string of the molecule is CCc1ncccc1-c1c2c3cc(ccc3n1CC)-c1cc(cc(O[Si](C(C)C)(C(C)C)C(C)C)c1)C[C@H](NC(=O)[C@H](C(C)C)N(C)C(=O)CCN)C(=O)N1CCC[C@H](N1)C(=O)OCC(C)(C)C2. The van der Waals surface area contributed by atoms with Crippen LogP contribution in [-0.4, -0.2) is 96.3 Å². The minimum absolute atomic E-state index is 0.0895. The highest BCUT2D eigenvalue weighted by atomic mass is 28.4. The molecule has 14 heteroatoms. The number of carbonyl (C=O) groups excluding carboxylic acids is 4. The Morgan fingerprint density at radius 2 is 1.71 bits per heavy atom. The summed E-state index contributed by atoms with van der Waals surface area (Å²) in [7, 11) is -0.880. The van der Waals surface area contributed by atoms with Gasteiger partial charge in [-0.3, -0.25) is 29.2 Å². The molecule has 0 spiro atoms. The Morgan fingerprint density at radius 1 is 1.00 bits per heavy atom. The molecule has 0 aliphatic carbocycles. The number of nitrogens with zero attached hydrogens (tertiary/aromatic N) is 4. The maximum atomic E-state index is 15.0. The number of ether oxygens (including phenoxy) is 1. The van der Waals surface area contributed by atoms with Crippen LogP contribution in [0.5, 0.6) is 5.75 Å². The number of hydrogen-bond donors (Lipinski definition) is 3. The molecule has 2 aromatic heterocycles. The molecule has 2 aliphatic heterocycles. The van der Waals surface area contributed by atoms with Crippen LogP contribution >= 0.6 is 0 Å². The van der Waals surface area contributed by atoms with Gasteiger partial charge in [0, 0.05) is 73.3 Å². The second-order valence-corrected chi connectivity index (χ2v) is 26.6. The molecule has 3 atom stereocenters. The molecule has 6 bridgehead atoms. The van der Waals surface area contributed by atoms with Crippen LogP contribution in [0.3, 0.4) is 0 Å². The summed E-state index contributed by atoms with van der Waals surface area (Å²) in [5.74, 6) is -1.06. The summed E-state index contributed by atoms with van der Waals surface area (Å²) in [5, 5.41) is 5.69. The fraction of sp³-hybridized carbons (Fsp3) is 0.574. The van der Waals surface area contributed by atoms with Gasteiger partial charge in [-0.25, -0.2) is 5.43 Å². The highest BCUT2D eigenvalue weighted by Gasteiger charge is 2.47. The molecular weight excluding hydrogens is 871 g/mol. The van der Waals surface area contributed by atoms with Gasteiger partial charge < -0.3 is 29.7 Å². The third kappa shape index (κ3) is 10.9. The Morgan fingerprint density at radius 3 is 2.34 bits per heavy atom. The van der Waals surface area contributed by atoms with Crippen LogP contribution in [0.4, 0.5) is 0 Å². The first-order valence-corrected chi connectivity index (χ1v) is 27.2. The molecule has 1 fully saturated rings. The standard InChI is InChI=1S/C54H79N7O6Si/c1-14-44-41(18-16-24-56-44)50-43-31-54(11,12)32-66-53(65)45-19-17-25-61(58-45)52(64)46(57-51(63)49(33(3)4)59(13)48(62)22-23-55)28-37-26-39(38-20-21-47(42(43)30-38)60(50)15-2)29-40(27-37)67-68(34(5)6,35(7)8)36(9)10/h16,18,20-21,24,26-27,29-30,33-36,45-46,49,58H,14-15,17,19,22-23,25,28,31-32,55H2,1-13H3,(H,57,63)/t45-,46-,49-/m0/s1. The fourth-order valence-corrected chi connectivity index (χ4v) is 16.4. The van der Waals surface area contributed by atoms with Gasteiger partial charge in [0.05, 0.1) is 12.3 Å². The zero-order valence-electron chi connectivity index (χ0n) is 43.1. The van der Waals surface area contributed by atoms with Gasteiger partial charge in [-0.05, 0) is 114 Å². The van der Waals surface area contributed by atoms with Crippen molar-refractivity contribution >= 4 is 42.9 Å². The van der Waals surface area contributed by atoms with Crippen molar-refractivity contribution in [2.45, 2.75) is 163 Å². The average Bonchev–Trinajstić information content (AvgIpc) is 3.59. The zero-order chi connectivity index (χ0) is 49.8. The first-order valence-electron chi connectivity index (χ1n) is 25.1. The lowest BCUT2D eigenvalue weighted by atomic mass is 9.84. The second kappa shape index (κ2) is 21.7. The van der Waals surface area contributed by atoms with E-state index >= 15 is 4.79 Å². The quantitative estimate of drug-likeness (QED) is 0.0828. The van der Waals surface area contributed by atoms with E-state index in [1.54, 1.807) is 7.05 Å². The molecule has 1 saturated heterocycles. The fourth-order valence-electron chi connectivity index (χ4n) is 11.2. The lowest BCUT2D eigenvalue weighted by Gasteiger charge is -2.42. The molecule has 370 valence electrons. The number of pyridine rings is 1. The number of esters is 1. The van der Waals surface area contributed by atoms with Crippen LogP contribution in [0.15, 0.2) is 54.7 Å². The minimum atomic E-state index is -2.49. The number of hydrogen-bond acceptors (Lipinski definition) is 9. The van der Waals surface area contributed by atoms with Crippen molar-refractivity contribution in [3.05, 3.63) is 71.5 Å². The molecule has 4 aromatic rings. The molecule has 0 unspecified atom stereocenters. The van der Waals surface area contributed by atoms with Gasteiger partial charge in [-0.15, -0.1) is 0 Å². The van der Waals surface area contributed by atoms with Gasteiger partial charge in [0.1, 0.15) is 23.9 Å². The number of fused-ring (bicyclic) bond motifs is 6. The first kappa shape index (κ1) is 52.3. The number of nitrogens with two attached hydrogens (primary N) is 1. The summed E-state index contributed by atoms with van der Waals surface area (Å²) in [5.41, 5.74) is 17.6. The molecule has 4 heterocycles. The van der Waals surface area contributed by atoms with Crippen LogP contribution in [0.25, 0.3) is 33.3 Å². The Balaban J connectivity index is 1.62. The van der Waals surface area contributed by atoms with E-state index in [2.05, 4.69) is 121 Å². The highest BCUT2D eigenvalue weighted by Crippen LogP contribution is 2.45. The Kier molecular flexibility index (Phi) is 16.7. The predicted molar refractivity (Wildman–Crippen MR) is 274 cm³/mol. The normalized spacial score (nSPS) is 18.5. The third-order valence-corrected chi connectivity index (χ3v) is 20.4. The summed E-state index contributed by atoms with van der Waals surface area (Å²) >= 11 is 0. The van der Waals surface area contributed by atoms with Crippen LogP contribution < -0.4 is 20.9 Å². The number of hydrazine groups is 1. The molecule has 2 aliphatic rings. The van der Waals surface area contributed by atoms with Crippen molar-refractivity contribution < 1.29 is 28.3 Å².